The second-order valence-electron chi connectivity index (χ2n) is 7.30. The first kappa shape index (κ1) is 22.8. The summed E-state index contributed by atoms with van der Waals surface area (Å²) in [6.07, 6.45) is 0.498. The molecule has 1 aliphatic rings. The van der Waals surface area contributed by atoms with E-state index in [4.69, 9.17) is 0 Å². The first-order valence-electron chi connectivity index (χ1n) is 9.13. The zero-order valence-electron chi connectivity index (χ0n) is 16.3. The zero-order valence-corrected chi connectivity index (χ0v) is 17.1. The highest BCUT2D eigenvalue weighted by Crippen LogP contribution is 2.33. The largest absolute Gasteiger partial charge is 0.326 e. The van der Waals surface area contributed by atoms with Gasteiger partial charge in [-0.2, -0.15) is 0 Å². The lowest BCUT2D eigenvalue weighted by molar-refractivity contribution is -0.129. The Morgan fingerprint density at radius 1 is 1.00 bits per heavy atom. The van der Waals surface area contributed by atoms with Gasteiger partial charge in [0.2, 0.25) is 11.8 Å². The van der Waals surface area contributed by atoms with Crippen LogP contribution in [0.1, 0.15) is 24.0 Å². The monoisotopic (exact) mass is 423 g/mol. The van der Waals surface area contributed by atoms with Crippen molar-refractivity contribution in [3.63, 3.8) is 0 Å². The number of hydrogen-bond donors (Lipinski definition) is 3. The standard InChI is InChI=1S/C21H23F2N3O2.ClH/c1-13-9-15(22)3-5-17(13)25-19(27)11-21(7-8-24-12-21)20(28)26-18-6-4-16(23)10-14(18)2;/h3-6,9-10,24H,7-8,11-12H2,1-2H3,(H,25,27)(H,26,28);1H. The molecule has 0 bridgehead atoms. The molecule has 8 heteroatoms. The van der Waals surface area contributed by atoms with Crippen LogP contribution in [0.2, 0.25) is 0 Å². The van der Waals surface area contributed by atoms with Gasteiger partial charge in [-0.1, -0.05) is 0 Å². The molecule has 0 spiro atoms. The van der Waals surface area contributed by atoms with Gasteiger partial charge in [-0.05, 0) is 74.3 Å². The summed E-state index contributed by atoms with van der Waals surface area (Å²) in [6.45, 7) is 4.41. The van der Waals surface area contributed by atoms with Crippen molar-refractivity contribution in [3.05, 3.63) is 59.2 Å². The normalized spacial score (nSPS) is 18.1. The number of anilines is 2. The maximum atomic E-state index is 13.3. The van der Waals surface area contributed by atoms with E-state index in [0.29, 0.717) is 42.0 Å². The third kappa shape index (κ3) is 5.31. The molecule has 0 aromatic heterocycles. The molecule has 156 valence electrons. The van der Waals surface area contributed by atoms with E-state index in [2.05, 4.69) is 16.0 Å². The molecule has 3 N–H and O–H groups in total. The highest BCUT2D eigenvalue weighted by Gasteiger charge is 2.43. The Morgan fingerprint density at radius 2 is 1.55 bits per heavy atom. The highest BCUT2D eigenvalue weighted by atomic mass is 35.5. The van der Waals surface area contributed by atoms with Crippen LogP contribution in [-0.4, -0.2) is 24.9 Å². The molecule has 1 fully saturated rings. The van der Waals surface area contributed by atoms with Crippen LogP contribution in [0.3, 0.4) is 0 Å². The second-order valence-corrected chi connectivity index (χ2v) is 7.30. The van der Waals surface area contributed by atoms with E-state index in [1.54, 1.807) is 13.8 Å². The van der Waals surface area contributed by atoms with Gasteiger partial charge in [0.1, 0.15) is 11.6 Å². The molecule has 2 aromatic rings. The molecule has 5 nitrogen and oxygen atoms in total. The lowest BCUT2D eigenvalue weighted by atomic mass is 9.82. The van der Waals surface area contributed by atoms with Gasteiger partial charge >= 0.3 is 0 Å². The number of amides is 2. The molecule has 1 atom stereocenters. The van der Waals surface area contributed by atoms with Gasteiger partial charge in [0, 0.05) is 24.3 Å². The average molecular weight is 424 g/mol. The quantitative estimate of drug-likeness (QED) is 0.682. The number of carbonyl (C=O) groups excluding carboxylic acids is 2. The van der Waals surface area contributed by atoms with Crippen molar-refractivity contribution in [1.29, 1.82) is 0 Å². The lowest BCUT2D eigenvalue weighted by Crippen LogP contribution is -2.41. The van der Waals surface area contributed by atoms with E-state index in [9.17, 15) is 18.4 Å². The topological polar surface area (TPSA) is 70.2 Å². The summed E-state index contributed by atoms with van der Waals surface area (Å²) in [7, 11) is 0. The Labute approximate surface area is 174 Å². The molecular formula is C21H24ClF2N3O2. The van der Waals surface area contributed by atoms with Crippen LogP contribution in [0.25, 0.3) is 0 Å². The van der Waals surface area contributed by atoms with Crippen molar-refractivity contribution in [2.75, 3.05) is 23.7 Å². The minimum Gasteiger partial charge on any atom is -0.326 e. The van der Waals surface area contributed by atoms with Crippen molar-refractivity contribution >= 4 is 35.6 Å². The van der Waals surface area contributed by atoms with Crippen molar-refractivity contribution < 1.29 is 18.4 Å². The number of hydrogen-bond acceptors (Lipinski definition) is 3. The van der Waals surface area contributed by atoms with E-state index in [0.717, 1.165) is 0 Å². The van der Waals surface area contributed by atoms with Crippen molar-refractivity contribution in [2.24, 2.45) is 5.41 Å². The molecule has 0 saturated carbocycles. The predicted molar refractivity (Wildman–Crippen MR) is 111 cm³/mol. The maximum Gasteiger partial charge on any atom is 0.232 e. The smallest absolute Gasteiger partial charge is 0.232 e. The van der Waals surface area contributed by atoms with E-state index in [1.165, 1.54) is 36.4 Å². The minimum absolute atomic E-state index is 0. The Hall–Kier alpha value is -2.51. The molecule has 0 radical (unpaired) electrons. The summed E-state index contributed by atoms with van der Waals surface area (Å²) in [5.41, 5.74) is 1.35. The highest BCUT2D eigenvalue weighted by molar-refractivity contribution is 6.01. The first-order valence-corrected chi connectivity index (χ1v) is 9.13. The van der Waals surface area contributed by atoms with Gasteiger partial charge in [0.05, 0.1) is 5.41 Å². The fraction of sp³-hybridized carbons (Fsp3) is 0.333. The van der Waals surface area contributed by atoms with Gasteiger partial charge in [0.25, 0.3) is 0 Å². The molecule has 3 rings (SSSR count). The number of rotatable bonds is 5. The Bertz CT molecular complexity index is 915. The van der Waals surface area contributed by atoms with Crippen molar-refractivity contribution in [1.82, 2.24) is 5.32 Å². The first-order chi connectivity index (χ1) is 13.3. The average Bonchev–Trinajstić information content (AvgIpc) is 3.09. The molecule has 1 saturated heterocycles. The molecule has 29 heavy (non-hydrogen) atoms. The molecule has 0 aliphatic carbocycles. The van der Waals surface area contributed by atoms with E-state index in [1.807, 2.05) is 0 Å². The van der Waals surface area contributed by atoms with Gasteiger partial charge in [0.15, 0.2) is 0 Å². The van der Waals surface area contributed by atoms with Crippen LogP contribution < -0.4 is 16.0 Å². The summed E-state index contributed by atoms with van der Waals surface area (Å²) >= 11 is 0. The fourth-order valence-corrected chi connectivity index (χ4v) is 3.46. The van der Waals surface area contributed by atoms with Crippen LogP contribution in [-0.2, 0) is 9.59 Å². The summed E-state index contributed by atoms with van der Waals surface area (Å²) < 4.78 is 26.5. The van der Waals surface area contributed by atoms with Gasteiger partial charge in [-0.3, -0.25) is 9.59 Å². The fourth-order valence-electron chi connectivity index (χ4n) is 3.46. The van der Waals surface area contributed by atoms with Crippen LogP contribution >= 0.6 is 12.4 Å². The number of aryl methyl sites for hydroxylation is 2. The minimum atomic E-state index is -0.904. The third-order valence-corrected chi connectivity index (χ3v) is 5.12. The van der Waals surface area contributed by atoms with Crippen molar-refractivity contribution in [3.8, 4) is 0 Å². The molecule has 2 aromatic carbocycles. The van der Waals surface area contributed by atoms with E-state index >= 15 is 0 Å². The van der Waals surface area contributed by atoms with Crippen molar-refractivity contribution in [2.45, 2.75) is 26.7 Å². The second kappa shape index (κ2) is 9.33. The summed E-state index contributed by atoms with van der Waals surface area (Å²) in [5.74, 6) is -1.34. The van der Waals surface area contributed by atoms with E-state index in [-0.39, 0.29) is 42.3 Å². The third-order valence-electron chi connectivity index (χ3n) is 5.12. The summed E-state index contributed by atoms with van der Waals surface area (Å²) in [5, 5.41) is 8.74. The van der Waals surface area contributed by atoms with Gasteiger partial charge in [-0.15, -0.1) is 12.4 Å². The zero-order chi connectivity index (χ0) is 20.3. The van der Waals surface area contributed by atoms with Gasteiger partial charge in [-0.25, -0.2) is 8.78 Å². The molecule has 1 aliphatic heterocycles. The molecule has 1 unspecified atom stereocenters. The number of halogens is 3. The number of benzene rings is 2. The van der Waals surface area contributed by atoms with Crippen LogP contribution in [0.5, 0.6) is 0 Å². The Balaban J connectivity index is 0.00000300. The molecule has 2 amide bonds. The van der Waals surface area contributed by atoms with E-state index < -0.39 is 5.41 Å². The Kier molecular flexibility index (Phi) is 7.32. The number of carbonyl (C=O) groups is 2. The van der Waals surface area contributed by atoms with Crippen LogP contribution in [0.15, 0.2) is 36.4 Å². The summed E-state index contributed by atoms with van der Waals surface area (Å²) in [6, 6.07) is 8.27. The Morgan fingerprint density at radius 3 is 2.03 bits per heavy atom. The molecule has 1 heterocycles. The summed E-state index contributed by atoms with van der Waals surface area (Å²) in [4.78, 5) is 25.6. The number of nitrogens with one attached hydrogen (secondary N) is 3. The molecular weight excluding hydrogens is 400 g/mol. The van der Waals surface area contributed by atoms with Crippen LogP contribution in [0.4, 0.5) is 20.2 Å². The predicted octanol–water partition coefficient (Wildman–Crippen LogP) is 3.95. The lowest BCUT2D eigenvalue weighted by Gasteiger charge is -2.27. The SMILES string of the molecule is Cc1cc(F)ccc1NC(=O)CC1(C(=O)Nc2ccc(F)cc2C)CCNC1.Cl. The van der Waals surface area contributed by atoms with Gasteiger partial charge < -0.3 is 16.0 Å². The van der Waals surface area contributed by atoms with Crippen LogP contribution in [0, 0.1) is 30.9 Å². The maximum absolute atomic E-state index is 13.3.